The first-order chi connectivity index (χ1) is 9.02. The van der Waals surface area contributed by atoms with Crippen LogP contribution in [-0.2, 0) is 6.42 Å². The lowest BCUT2D eigenvalue weighted by molar-refractivity contribution is 0.503. The average molecular weight is 303 g/mol. The van der Waals surface area contributed by atoms with E-state index in [1.807, 2.05) is 12.3 Å². The van der Waals surface area contributed by atoms with E-state index >= 15 is 0 Å². The maximum atomic E-state index is 13.2. The number of rotatable bonds is 4. The molecule has 1 unspecified atom stereocenters. The van der Waals surface area contributed by atoms with Crippen LogP contribution in [0.15, 0.2) is 23.6 Å². The molecule has 19 heavy (non-hydrogen) atoms. The Labute approximate surface area is 119 Å². The minimum Gasteiger partial charge on any atom is -0.271 e. The Balaban J connectivity index is 2.24. The Kier molecular flexibility index (Phi) is 4.52. The zero-order chi connectivity index (χ0) is 14.0. The first-order valence-corrected chi connectivity index (χ1v) is 6.92. The highest BCUT2D eigenvalue weighted by Crippen LogP contribution is 2.33. The highest BCUT2D eigenvalue weighted by Gasteiger charge is 2.18. The molecule has 0 spiro atoms. The minimum absolute atomic E-state index is 0.226. The van der Waals surface area contributed by atoms with E-state index in [1.54, 1.807) is 0 Å². The molecule has 0 fully saturated rings. The molecule has 0 aliphatic rings. The second-order valence-corrected chi connectivity index (χ2v) is 5.56. The number of hydrogen-bond donors (Lipinski definition) is 2. The van der Waals surface area contributed by atoms with Crippen molar-refractivity contribution in [1.82, 2.24) is 5.43 Å². The number of aryl methyl sites for hydroxylation is 1. The Morgan fingerprint density at radius 2 is 2.11 bits per heavy atom. The average Bonchev–Trinajstić information content (AvgIpc) is 2.72. The maximum Gasteiger partial charge on any atom is 0.159 e. The zero-order valence-electron chi connectivity index (χ0n) is 10.2. The molecule has 6 heteroatoms. The molecule has 0 saturated carbocycles. The summed E-state index contributed by atoms with van der Waals surface area (Å²) in [5.74, 6) is 3.81. The standard InChI is InChI=1S/C13H13ClF2N2S/c1-7-6-19-13(12(7)14)11(18-17)5-8-2-3-9(15)10(16)4-8/h2-4,6,11,18H,5,17H2,1H3. The third-order valence-electron chi connectivity index (χ3n) is 2.87. The Hall–Kier alpha value is -1.01. The van der Waals surface area contributed by atoms with Gasteiger partial charge in [0.1, 0.15) is 0 Å². The van der Waals surface area contributed by atoms with E-state index < -0.39 is 11.6 Å². The molecule has 1 aromatic carbocycles. The van der Waals surface area contributed by atoms with Crippen LogP contribution in [0.3, 0.4) is 0 Å². The largest absolute Gasteiger partial charge is 0.271 e. The van der Waals surface area contributed by atoms with Crippen LogP contribution in [0.25, 0.3) is 0 Å². The maximum absolute atomic E-state index is 13.2. The van der Waals surface area contributed by atoms with E-state index in [1.165, 1.54) is 23.5 Å². The van der Waals surface area contributed by atoms with Gasteiger partial charge in [0.2, 0.25) is 0 Å². The summed E-state index contributed by atoms with van der Waals surface area (Å²) < 4.78 is 26.0. The molecule has 0 aliphatic heterocycles. The molecular weight excluding hydrogens is 290 g/mol. The topological polar surface area (TPSA) is 38.0 Å². The highest BCUT2D eigenvalue weighted by molar-refractivity contribution is 7.10. The summed E-state index contributed by atoms with van der Waals surface area (Å²) in [6.07, 6.45) is 0.438. The molecule has 0 radical (unpaired) electrons. The number of nitrogens with two attached hydrogens (primary N) is 1. The van der Waals surface area contributed by atoms with Crippen molar-refractivity contribution in [2.24, 2.45) is 5.84 Å². The highest BCUT2D eigenvalue weighted by atomic mass is 35.5. The SMILES string of the molecule is Cc1csc(C(Cc2ccc(F)c(F)c2)NN)c1Cl. The molecule has 1 aromatic heterocycles. The quantitative estimate of drug-likeness (QED) is 0.667. The van der Waals surface area contributed by atoms with Crippen molar-refractivity contribution in [3.63, 3.8) is 0 Å². The first-order valence-electron chi connectivity index (χ1n) is 5.66. The van der Waals surface area contributed by atoms with Gasteiger partial charge >= 0.3 is 0 Å². The first kappa shape index (κ1) is 14.4. The molecule has 102 valence electrons. The van der Waals surface area contributed by atoms with Gasteiger partial charge in [-0.05, 0) is 42.0 Å². The molecule has 2 aromatic rings. The van der Waals surface area contributed by atoms with E-state index in [0.717, 1.165) is 16.5 Å². The monoisotopic (exact) mass is 302 g/mol. The predicted octanol–water partition coefficient (Wildman–Crippen LogP) is 3.74. The Bertz CT molecular complexity index is 586. The fourth-order valence-corrected chi connectivity index (χ4v) is 3.20. The minimum atomic E-state index is -0.860. The van der Waals surface area contributed by atoms with Crippen LogP contribution in [0.1, 0.15) is 22.0 Å². The fourth-order valence-electron chi connectivity index (χ4n) is 1.81. The lowest BCUT2D eigenvalue weighted by atomic mass is 10.0. The normalized spacial score (nSPS) is 12.7. The second-order valence-electron chi connectivity index (χ2n) is 4.27. The van der Waals surface area contributed by atoms with Crippen molar-refractivity contribution >= 4 is 22.9 Å². The molecule has 0 aliphatic carbocycles. The smallest absolute Gasteiger partial charge is 0.159 e. The van der Waals surface area contributed by atoms with Gasteiger partial charge in [-0.15, -0.1) is 11.3 Å². The van der Waals surface area contributed by atoms with Gasteiger partial charge in [-0.25, -0.2) is 8.78 Å². The molecule has 1 heterocycles. The van der Waals surface area contributed by atoms with E-state index in [-0.39, 0.29) is 6.04 Å². The van der Waals surface area contributed by atoms with Crippen LogP contribution in [-0.4, -0.2) is 0 Å². The molecule has 0 bridgehead atoms. The van der Waals surface area contributed by atoms with Crippen LogP contribution in [0.5, 0.6) is 0 Å². The van der Waals surface area contributed by atoms with Crippen molar-refractivity contribution in [2.45, 2.75) is 19.4 Å². The van der Waals surface area contributed by atoms with E-state index in [2.05, 4.69) is 5.43 Å². The summed E-state index contributed by atoms with van der Waals surface area (Å²) in [4.78, 5) is 0.895. The summed E-state index contributed by atoms with van der Waals surface area (Å²) in [6.45, 7) is 1.91. The number of nitrogens with one attached hydrogen (secondary N) is 1. The molecule has 2 nitrogen and oxygen atoms in total. The van der Waals surface area contributed by atoms with Crippen LogP contribution in [0.2, 0.25) is 5.02 Å². The summed E-state index contributed by atoms with van der Waals surface area (Å²) in [7, 11) is 0. The summed E-state index contributed by atoms with van der Waals surface area (Å²) in [5, 5.41) is 2.60. The van der Waals surface area contributed by atoms with Gasteiger partial charge in [-0.2, -0.15) is 0 Å². The molecule has 0 amide bonds. The summed E-state index contributed by atoms with van der Waals surface area (Å²) in [5.41, 5.74) is 4.30. The Morgan fingerprint density at radius 1 is 1.37 bits per heavy atom. The lowest BCUT2D eigenvalue weighted by Crippen LogP contribution is -2.29. The summed E-state index contributed by atoms with van der Waals surface area (Å²) >= 11 is 7.68. The molecule has 0 saturated heterocycles. The fraction of sp³-hybridized carbons (Fsp3) is 0.231. The molecular formula is C13H13ClF2N2S. The van der Waals surface area contributed by atoms with Gasteiger partial charge in [0.15, 0.2) is 11.6 Å². The number of thiophene rings is 1. The van der Waals surface area contributed by atoms with Crippen LogP contribution in [0, 0.1) is 18.6 Å². The number of hydrazine groups is 1. The van der Waals surface area contributed by atoms with E-state index in [0.29, 0.717) is 17.0 Å². The number of hydrogen-bond acceptors (Lipinski definition) is 3. The zero-order valence-corrected chi connectivity index (χ0v) is 11.8. The van der Waals surface area contributed by atoms with E-state index in [9.17, 15) is 8.78 Å². The molecule has 3 N–H and O–H groups in total. The number of halogens is 3. The van der Waals surface area contributed by atoms with Crippen LogP contribution < -0.4 is 11.3 Å². The van der Waals surface area contributed by atoms with Crippen molar-refractivity contribution in [3.05, 3.63) is 56.2 Å². The third kappa shape index (κ3) is 3.12. The summed E-state index contributed by atoms with van der Waals surface area (Å²) in [6, 6.07) is 3.60. The van der Waals surface area contributed by atoms with E-state index in [4.69, 9.17) is 17.4 Å². The molecule has 2 rings (SSSR count). The van der Waals surface area contributed by atoms with Gasteiger partial charge in [0.25, 0.3) is 0 Å². The van der Waals surface area contributed by atoms with Crippen molar-refractivity contribution in [3.8, 4) is 0 Å². The third-order valence-corrected chi connectivity index (χ3v) is 4.69. The van der Waals surface area contributed by atoms with Crippen molar-refractivity contribution in [1.29, 1.82) is 0 Å². The number of benzene rings is 1. The van der Waals surface area contributed by atoms with Gasteiger partial charge in [-0.3, -0.25) is 11.3 Å². The second kappa shape index (κ2) is 5.96. The van der Waals surface area contributed by atoms with Crippen LogP contribution >= 0.6 is 22.9 Å². The van der Waals surface area contributed by atoms with Crippen molar-refractivity contribution in [2.75, 3.05) is 0 Å². The van der Waals surface area contributed by atoms with Gasteiger partial charge in [0, 0.05) is 4.88 Å². The van der Waals surface area contributed by atoms with Gasteiger partial charge in [-0.1, -0.05) is 17.7 Å². The Morgan fingerprint density at radius 3 is 2.63 bits per heavy atom. The predicted molar refractivity (Wildman–Crippen MR) is 74.2 cm³/mol. The lowest BCUT2D eigenvalue weighted by Gasteiger charge is -2.15. The van der Waals surface area contributed by atoms with Crippen LogP contribution in [0.4, 0.5) is 8.78 Å². The van der Waals surface area contributed by atoms with Gasteiger partial charge < -0.3 is 0 Å². The van der Waals surface area contributed by atoms with Crippen molar-refractivity contribution < 1.29 is 8.78 Å². The van der Waals surface area contributed by atoms with Gasteiger partial charge in [0.05, 0.1) is 11.1 Å². The molecule has 1 atom stereocenters.